The molecule has 1 saturated heterocycles. The first-order valence-corrected chi connectivity index (χ1v) is 14.3. The molecule has 0 bridgehead atoms. The van der Waals surface area contributed by atoms with Gasteiger partial charge in [-0.05, 0) is 66.9 Å². The number of aliphatic imine (C=N–C) groups is 1. The van der Waals surface area contributed by atoms with E-state index in [1.54, 1.807) is 19.5 Å². The van der Waals surface area contributed by atoms with Gasteiger partial charge in [0.25, 0.3) is 0 Å². The summed E-state index contributed by atoms with van der Waals surface area (Å²) in [5.41, 5.74) is 16.7. The molecule has 2 aromatic carbocycles. The van der Waals surface area contributed by atoms with Crippen LogP contribution < -0.4 is 16.0 Å². The summed E-state index contributed by atoms with van der Waals surface area (Å²) in [6.07, 6.45) is 7.26. The number of amides is 1. The third-order valence-electron chi connectivity index (χ3n) is 8.04. The van der Waals surface area contributed by atoms with E-state index >= 15 is 0 Å². The van der Waals surface area contributed by atoms with E-state index in [0.717, 1.165) is 94.0 Å². The minimum absolute atomic E-state index is 0. The van der Waals surface area contributed by atoms with Gasteiger partial charge in [-0.25, -0.2) is 4.98 Å². The summed E-state index contributed by atoms with van der Waals surface area (Å²) in [5, 5.41) is 4.00. The summed E-state index contributed by atoms with van der Waals surface area (Å²) < 4.78 is 0. The number of carbonyl (C=O) groups is 1. The highest BCUT2D eigenvalue weighted by atomic mass is 16.1. The van der Waals surface area contributed by atoms with Crippen molar-refractivity contribution < 1.29 is 7.65 Å². The fraction of sp³-hybridized carbons (Fsp3) is 0.265. The molecule has 0 unspecified atom stereocenters. The number of nitrogens with zero attached hydrogens (tertiary/aromatic N) is 4. The summed E-state index contributed by atoms with van der Waals surface area (Å²) in [6.45, 7) is 11.9. The maximum Gasteiger partial charge on any atom is 0.247 e. The Morgan fingerprint density at radius 1 is 1.17 bits per heavy atom. The maximum absolute atomic E-state index is 12.2. The Hall–Kier alpha value is -4.69. The van der Waals surface area contributed by atoms with Crippen LogP contribution in [0.1, 0.15) is 26.5 Å². The number of carbonyl (C=O) groups excluding carboxylic acids is 1. The first-order valence-electron chi connectivity index (χ1n) is 14.3. The molecule has 5 rings (SSSR count). The molecule has 1 aliphatic rings. The zero-order valence-corrected chi connectivity index (χ0v) is 24.9. The lowest BCUT2D eigenvalue weighted by Crippen LogP contribution is -2.44. The smallest absolute Gasteiger partial charge is 0.247 e. The molecule has 0 atom stereocenters. The Morgan fingerprint density at radius 3 is 2.52 bits per heavy atom. The number of benzene rings is 2. The lowest BCUT2D eigenvalue weighted by Gasteiger charge is -2.34. The summed E-state index contributed by atoms with van der Waals surface area (Å²) in [6, 6.07) is 14.9. The van der Waals surface area contributed by atoms with Crippen molar-refractivity contribution in [1.82, 2.24) is 14.9 Å². The van der Waals surface area contributed by atoms with Crippen molar-refractivity contribution in [2.24, 2.45) is 10.7 Å². The molecule has 42 heavy (non-hydrogen) atoms. The average molecular weight is 566 g/mol. The van der Waals surface area contributed by atoms with Crippen LogP contribution in [0.15, 0.2) is 72.5 Å². The number of anilines is 2. The van der Waals surface area contributed by atoms with Gasteiger partial charge in [0, 0.05) is 88.2 Å². The molecule has 8 nitrogen and oxygen atoms in total. The molecule has 0 aliphatic carbocycles. The molecule has 2 aromatic heterocycles. The number of nitrogens with two attached hydrogens (primary N) is 1. The van der Waals surface area contributed by atoms with Crippen molar-refractivity contribution in [3.05, 3.63) is 84.2 Å². The Morgan fingerprint density at radius 2 is 1.88 bits per heavy atom. The molecule has 4 N–H and O–H groups in total. The zero-order valence-electron chi connectivity index (χ0n) is 24.9. The van der Waals surface area contributed by atoms with Gasteiger partial charge in [0.05, 0.1) is 5.69 Å². The number of fused-ring (bicyclic) bond motifs is 1. The third kappa shape index (κ3) is 5.58. The number of allylic oxidation sites excluding steroid dienone is 1. The lowest BCUT2D eigenvalue weighted by atomic mass is 9.91. The second-order valence-electron chi connectivity index (χ2n) is 10.7. The highest BCUT2D eigenvalue weighted by molar-refractivity contribution is 6.13. The van der Waals surface area contributed by atoms with Crippen molar-refractivity contribution in [2.75, 3.05) is 50.5 Å². The van der Waals surface area contributed by atoms with E-state index in [1.807, 2.05) is 25.3 Å². The normalized spacial score (nSPS) is 14.6. The number of piperazine rings is 1. The number of likely N-dealkylation sites (N-methyl/N-ethyl adjacent to an activating group) is 1. The molecule has 3 heterocycles. The summed E-state index contributed by atoms with van der Waals surface area (Å²) in [4.78, 5) is 29.8. The van der Waals surface area contributed by atoms with Crippen LogP contribution in [0.4, 0.5) is 11.4 Å². The number of rotatable bonds is 8. The Labute approximate surface area is 250 Å². The quantitative estimate of drug-likeness (QED) is 0.176. The SMILES string of the molecule is C=CC(=O)Nc1cc(-c2c(-c3ccc(N4CCN(C)CC4)cc3)[nH]c3ncc(/C(C=NC)=C/N)c(CC)c23)ccc1C.[HH].[HH]. The van der Waals surface area contributed by atoms with Gasteiger partial charge >= 0.3 is 0 Å². The van der Waals surface area contributed by atoms with E-state index in [-0.39, 0.29) is 8.76 Å². The van der Waals surface area contributed by atoms with Gasteiger partial charge in [-0.1, -0.05) is 37.8 Å². The third-order valence-corrected chi connectivity index (χ3v) is 8.04. The van der Waals surface area contributed by atoms with E-state index in [4.69, 9.17) is 10.7 Å². The summed E-state index contributed by atoms with van der Waals surface area (Å²) in [5.74, 6) is -0.247. The van der Waals surface area contributed by atoms with Gasteiger partial charge in [-0.2, -0.15) is 0 Å². The number of pyridine rings is 1. The van der Waals surface area contributed by atoms with Crippen LogP contribution in [0, 0.1) is 6.92 Å². The molecule has 4 aromatic rings. The highest BCUT2D eigenvalue weighted by Gasteiger charge is 2.22. The number of aromatic nitrogens is 2. The second-order valence-corrected chi connectivity index (χ2v) is 10.7. The number of hydrogen-bond acceptors (Lipinski definition) is 6. The van der Waals surface area contributed by atoms with Crippen LogP contribution in [0.5, 0.6) is 0 Å². The zero-order chi connectivity index (χ0) is 29.8. The number of nitrogens with one attached hydrogen (secondary N) is 2. The van der Waals surface area contributed by atoms with Crippen LogP contribution in [0.25, 0.3) is 39.0 Å². The van der Waals surface area contributed by atoms with Crippen LogP contribution >= 0.6 is 0 Å². The van der Waals surface area contributed by atoms with Gasteiger partial charge in [0.2, 0.25) is 5.91 Å². The largest absolute Gasteiger partial charge is 0.404 e. The minimum atomic E-state index is -0.247. The van der Waals surface area contributed by atoms with Crippen molar-refractivity contribution in [3.63, 3.8) is 0 Å². The predicted octanol–water partition coefficient (Wildman–Crippen LogP) is 6.14. The summed E-state index contributed by atoms with van der Waals surface area (Å²) in [7, 11) is 3.90. The van der Waals surface area contributed by atoms with Gasteiger partial charge in [0.1, 0.15) is 5.65 Å². The van der Waals surface area contributed by atoms with E-state index in [2.05, 4.69) is 76.0 Å². The maximum atomic E-state index is 12.2. The van der Waals surface area contributed by atoms with Crippen LogP contribution in [-0.4, -0.2) is 67.3 Å². The van der Waals surface area contributed by atoms with Gasteiger partial charge in [-0.15, -0.1) is 0 Å². The molecule has 1 aliphatic heterocycles. The molecule has 0 radical (unpaired) electrons. The number of H-pyrrole nitrogens is 1. The summed E-state index contributed by atoms with van der Waals surface area (Å²) >= 11 is 0. The van der Waals surface area contributed by atoms with Crippen molar-refractivity contribution >= 4 is 40.1 Å². The molecule has 0 saturated carbocycles. The monoisotopic (exact) mass is 565 g/mol. The number of aromatic amines is 1. The Kier molecular flexibility index (Phi) is 8.54. The van der Waals surface area contributed by atoms with E-state index in [0.29, 0.717) is 0 Å². The Balaban J connectivity index is 0.00000264. The first kappa shape index (κ1) is 28.8. The molecular formula is C34H43N7O. The van der Waals surface area contributed by atoms with E-state index in [9.17, 15) is 4.79 Å². The van der Waals surface area contributed by atoms with Gasteiger partial charge in [-0.3, -0.25) is 9.79 Å². The van der Waals surface area contributed by atoms with E-state index < -0.39 is 0 Å². The van der Waals surface area contributed by atoms with Crippen molar-refractivity contribution in [3.8, 4) is 22.4 Å². The molecule has 0 spiro atoms. The molecule has 220 valence electrons. The molecule has 1 fully saturated rings. The lowest BCUT2D eigenvalue weighted by molar-refractivity contribution is -0.111. The predicted molar refractivity (Wildman–Crippen MR) is 180 cm³/mol. The minimum Gasteiger partial charge on any atom is -0.404 e. The Bertz CT molecular complexity index is 1680. The van der Waals surface area contributed by atoms with Crippen molar-refractivity contribution in [2.45, 2.75) is 20.3 Å². The molecule has 1 amide bonds. The highest BCUT2D eigenvalue weighted by Crippen LogP contribution is 2.42. The van der Waals surface area contributed by atoms with Crippen LogP contribution in [0.2, 0.25) is 0 Å². The topological polar surface area (TPSA) is 103 Å². The average Bonchev–Trinajstić information content (AvgIpc) is 3.40. The number of hydrogen-bond donors (Lipinski definition) is 3. The van der Waals surface area contributed by atoms with Gasteiger partial charge in [0.15, 0.2) is 0 Å². The number of aryl methyl sites for hydroxylation is 2. The van der Waals surface area contributed by atoms with E-state index in [1.165, 1.54) is 11.8 Å². The molecule has 8 heteroatoms. The fourth-order valence-corrected chi connectivity index (χ4v) is 5.68. The van der Waals surface area contributed by atoms with Crippen LogP contribution in [0.3, 0.4) is 0 Å². The van der Waals surface area contributed by atoms with Crippen molar-refractivity contribution in [1.29, 1.82) is 0 Å². The molecular weight excluding hydrogens is 522 g/mol. The fourth-order valence-electron chi connectivity index (χ4n) is 5.68. The van der Waals surface area contributed by atoms with Gasteiger partial charge < -0.3 is 25.8 Å². The second kappa shape index (κ2) is 12.4. The standard InChI is InChI=1S/C34H39N7O.2H2/c1-6-27-28(25(19-35)20-36-4)21-37-34-32(27)31(24-9-8-22(3)29(18-24)38-30(42)7-2)33(39-34)23-10-12-26(13-11-23)41-16-14-40(5)15-17-41;;/h7-13,18-21H,2,6,14-17,35H2,1,3-5H3,(H,37,39)(H,38,42);2*1H/b25-19+,36-20?;;. The van der Waals surface area contributed by atoms with Crippen LogP contribution in [-0.2, 0) is 11.2 Å². The first-order chi connectivity index (χ1) is 20.4.